The second kappa shape index (κ2) is 4.74. The highest BCUT2D eigenvalue weighted by molar-refractivity contribution is 9.10. The van der Waals surface area contributed by atoms with Crippen LogP contribution < -0.4 is 0 Å². The molecule has 2 rings (SSSR count). The van der Waals surface area contributed by atoms with Crippen LogP contribution in [0.15, 0.2) is 40.3 Å². The number of aromatic nitrogens is 1. The maximum atomic E-state index is 4.24. The Balaban J connectivity index is 0.000000845. The lowest BCUT2D eigenvalue weighted by Crippen LogP contribution is -1.75. The Morgan fingerprint density at radius 3 is 2.62 bits per heavy atom. The van der Waals surface area contributed by atoms with Gasteiger partial charge in [-0.3, -0.25) is 0 Å². The van der Waals surface area contributed by atoms with Gasteiger partial charge in [-0.1, -0.05) is 34.1 Å². The van der Waals surface area contributed by atoms with Crippen molar-refractivity contribution in [2.45, 2.75) is 0 Å². The summed E-state index contributed by atoms with van der Waals surface area (Å²) in [4.78, 5) is 4.24. The average molecular weight is 277 g/mol. The van der Waals surface area contributed by atoms with Crippen LogP contribution >= 0.6 is 39.7 Å². The van der Waals surface area contributed by atoms with Gasteiger partial charge in [0.2, 0.25) is 0 Å². The van der Waals surface area contributed by atoms with E-state index in [4.69, 9.17) is 0 Å². The Morgan fingerprint density at radius 2 is 2.00 bits per heavy atom. The Bertz CT molecular complexity index is 375. The van der Waals surface area contributed by atoms with E-state index in [0.29, 0.717) is 0 Å². The van der Waals surface area contributed by atoms with Gasteiger partial charge in [0.15, 0.2) is 0 Å². The Hall–Kier alpha value is -0.380. The molecule has 1 heterocycles. The minimum atomic E-state index is 0. The predicted octanol–water partition coefficient (Wildman–Crippen LogP) is 3.99. The summed E-state index contributed by atoms with van der Waals surface area (Å²) >= 11 is 5.13. The Labute approximate surface area is 95.4 Å². The number of rotatable bonds is 1. The summed E-state index contributed by atoms with van der Waals surface area (Å²) in [6, 6.07) is 8.10. The van der Waals surface area contributed by atoms with E-state index in [1.807, 2.05) is 29.8 Å². The number of thiazole rings is 1. The quantitative estimate of drug-likeness (QED) is 0.767. The molecule has 0 bridgehead atoms. The van der Waals surface area contributed by atoms with Crippen molar-refractivity contribution in [3.8, 4) is 10.6 Å². The first-order valence-electron chi connectivity index (χ1n) is 3.52. The standard InChI is InChI=1S/C9H6BrNS.ClH/c10-8-4-2-1-3-7(8)9-11-5-6-12-9;/h1-6H;1H. The van der Waals surface area contributed by atoms with Crippen LogP contribution in [0, 0.1) is 0 Å². The highest BCUT2D eigenvalue weighted by Crippen LogP contribution is 2.28. The molecule has 2 aromatic rings. The number of nitrogens with zero attached hydrogens (tertiary/aromatic N) is 1. The summed E-state index contributed by atoms with van der Waals surface area (Å²) in [6.07, 6.45) is 1.82. The van der Waals surface area contributed by atoms with Crippen LogP contribution in [-0.2, 0) is 0 Å². The molecule has 0 aliphatic rings. The zero-order valence-corrected chi connectivity index (χ0v) is 9.82. The van der Waals surface area contributed by atoms with E-state index in [1.165, 1.54) is 0 Å². The van der Waals surface area contributed by atoms with Gasteiger partial charge in [0.1, 0.15) is 5.01 Å². The fourth-order valence-corrected chi connectivity index (χ4v) is 2.27. The van der Waals surface area contributed by atoms with E-state index in [0.717, 1.165) is 15.0 Å². The van der Waals surface area contributed by atoms with E-state index in [-0.39, 0.29) is 12.4 Å². The zero-order valence-electron chi connectivity index (χ0n) is 6.61. The molecule has 1 nitrogen and oxygen atoms in total. The van der Waals surface area contributed by atoms with Gasteiger partial charge in [0.05, 0.1) is 0 Å². The smallest absolute Gasteiger partial charge is 0.124 e. The van der Waals surface area contributed by atoms with Crippen molar-refractivity contribution >= 4 is 39.7 Å². The molecule has 4 heteroatoms. The minimum Gasteiger partial charge on any atom is -0.245 e. The van der Waals surface area contributed by atoms with Crippen molar-refractivity contribution in [2.75, 3.05) is 0 Å². The third kappa shape index (κ3) is 2.30. The first kappa shape index (κ1) is 10.7. The van der Waals surface area contributed by atoms with Crippen molar-refractivity contribution in [1.82, 2.24) is 4.98 Å². The van der Waals surface area contributed by atoms with Crippen molar-refractivity contribution < 1.29 is 0 Å². The Morgan fingerprint density at radius 1 is 1.23 bits per heavy atom. The Kier molecular flexibility index (Phi) is 3.90. The fourth-order valence-electron chi connectivity index (χ4n) is 0.991. The molecule has 0 amide bonds. The largest absolute Gasteiger partial charge is 0.245 e. The van der Waals surface area contributed by atoms with Gasteiger partial charge < -0.3 is 0 Å². The molecular weight excluding hydrogens is 270 g/mol. The van der Waals surface area contributed by atoms with Crippen LogP contribution in [0.4, 0.5) is 0 Å². The zero-order chi connectivity index (χ0) is 8.39. The van der Waals surface area contributed by atoms with Crippen LogP contribution in [0.2, 0.25) is 0 Å². The normalized spacial score (nSPS) is 9.31. The summed E-state index contributed by atoms with van der Waals surface area (Å²) in [5.41, 5.74) is 1.16. The molecule has 0 fully saturated rings. The monoisotopic (exact) mass is 275 g/mol. The van der Waals surface area contributed by atoms with Crippen molar-refractivity contribution in [2.24, 2.45) is 0 Å². The summed E-state index contributed by atoms with van der Waals surface area (Å²) in [5.74, 6) is 0. The molecule has 68 valence electrons. The second-order valence-electron chi connectivity index (χ2n) is 2.32. The molecular formula is C9H7BrClNS. The van der Waals surface area contributed by atoms with Crippen molar-refractivity contribution in [3.63, 3.8) is 0 Å². The molecule has 0 aliphatic carbocycles. The lowest BCUT2D eigenvalue weighted by atomic mass is 10.2. The molecule has 0 saturated carbocycles. The maximum absolute atomic E-state index is 4.24. The second-order valence-corrected chi connectivity index (χ2v) is 4.07. The number of hydrogen-bond donors (Lipinski definition) is 0. The van der Waals surface area contributed by atoms with Gasteiger partial charge in [-0.2, -0.15) is 0 Å². The highest BCUT2D eigenvalue weighted by Gasteiger charge is 2.02. The van der Waals surface area contributed by atoms with E-state index >= 15 is 0 Å². The molecule has 0 N–H and O–H groups in total. The summed E-state index contributed by atoms with van der Waals surface area (Å²) in [6.45, 7) is 0. The van der Waals surface area contributed by atoms with E-state index in [2.05, 4.69) is 27.0 Å². The summed E-state index contributed by atoms with van der Waals surface area (Å²) in [5, 5.41) is 3.04. The third-order valence-electron chi connectivity index (χ3n) is 1.54. The first-order valence-corrected chi connectivity index (χ1v) is 5.19. The minimum absolute atomic E-state index is 0. The SMILES string of the molecule is Brc1ccccc1-c1nccs1.Cl. The van der Waals surface area contributed by atoms with Gasteiger partial charge in [-0.05, 0) is 6.07 Å². The lowest BCUT2D eigenvalue weighted by molar-refractivity contribution is 1.41. The average Bonchev–Trinajstić information content (AvgIpc) is 2.57. The molecule has 1 aromatic carbocycles. The molecule has 0 spiro atoms. The van der Waals surface area contributed by atoms with Crippen LogP contribution in [0.5, 0.6) is 0 Å². The van der Waals surface area contributed by atoms with Gasteiger partial charge in [0.25, 0.3) is 0 Å². The summed E-state index contributed by atoms with van der Waals surface area (Å²) < 4.78 is 1.10. The molecule has 1 aromatic heterocycles. The number of benzene rings is 1. The number of halogens is 2. The lowest BCUT2D eigenvalue weighted by Gasteiger charge is -1.97. The van der Waals surface area contributed by atoms with Gasteiger partial charge in [-0.25, -0.2) is 4.98 Å². The van der Waals surface area contributed by atoms with E-state index in [9.17, 15) is 0 Å². The van der Waals surface area contributed by atoms with Gasteiger partial charge >= 0.3 is 0 Å². The van der Waals surface area contributed by atoms with Gasteiger partial charge in [0, 0.05) is 21.6 Å². The summed E-state index contributed by atoms with van der Waals surface area (Å²) in [7, 11) is 0. The van der Waals surface area contributed by atoms with E-state index < -0.39 is 0 Å². The molecule has 0 aliphatic heterocycles. The topological polar surface area (TPSA) is 12.9 Å². The first-order chi connectivity index (χ1) is 5.88. The molecule has 0 saturated heterocycles. The van der Waals surface area contributed by atoms with Crippen LogP contribution in [0.25, 0.3) is 10.6 Å². The van der Waals surface area contributed by atoms with Crippen molar-refractivity contribution in [1.29, 1.82) is 0 Å². The molecule has 0 radical (unpaired) electrons. The predicted molar refractivity (Wildman–Crippen MR) is 62.5 cm³/mol. The highest BCUT2D eigenvalue weighted by atomic mass is 79.9. The maximum Gasteiger partial charge on any atom is 0.124 e. The van der Waals surface area contributed by atoms with Crippen LogP contribution in [0.1, 0.15) is 0 Å². The van der Waals surface area contributed by atoms with Crippen LogP contribution in [0.3, 0.4) is 0 Å². The third-order valence-corrected chi connectivity index (χ3v) is 3.03. The van der Waals surface area contributed by atoms with Crippen molar-refractivity contribution in [3.05, 3.63) is 40.3 Å². The van der Waals surface area contributed by atoms with Crippen LogP contribution in [-0.4, -0.2) is 4.98 Å². The van der Waals surface area contributed by atoms with E-state index in [1.54, 1.807) is 11.3 Å². The fraction of sp³-hybridized carbons (Fsp3) is 0. The molecule has 13 heavy (non-hydrogen) atoms. The number of hydrogen-bond acceptors (Lipinski definition) is 2. The molecule has 0 unspecified atom stereocenters. The molecule has 0 atom stereocenters. The van der Waals surface area contributed by atoms with Gasteiger partial charge in [-0.15, -0.1) is 23.7 Å².